The maximum Gasteiger partial charge on any atom is 0.227 e. The Morgan fingerprint density at radius 3 is 2.64 bits per heavy atom. The van der Waals surface area contributed by atoms with Crippen molar-refractivity contribution in [3.8, 4) is 0 Å². The zero-order valence-electron chi connectivity index (χ0n) is 14.4. The Bertz CT molecular complexity index is 744. The van der Waals surface area contributed by atoms with Crippen LogP contribution >= 0.6 is 0 Å². The largest absolute Gasteiger partial charge is 0.349 e. The summed E-state index contributed by atoms with van der Waals surface area (Å²) in [6.45, 7) is 1.46. The number of carbonyl (C=O) groups is 1. The van der Waals surface area contributed by atoms with Gasteiger partial charge in [-0.2, -0.15) is 4.98 Å². The van der Waals surface area contributed by atoms with Crippen LogP contribution in [0, 0.1) is 11.7 Å². The number of nitrogens with zero attached hydrogens (tertiary/aromatic N) is 4. The highest BCUT2D eigenvalue weighted by Crippen LogP contribution is 2.24. The summed E-state index contributed by atoms with van der Waals surface area (Å²) >= 11 is 0. The Hall–Kier alpha value is -2.70. The third kappa shape index (κ3) is 4.04. The number of carbonyl (C=O) groups excluding carboxylic acids is 1. The lowest BCUT2D eigenvalue weighted by Crippen LogP contribution is -2.40. The molecule has 0 saturated carbocycles. The van der Waals surface area contributed by atoms with E-state index in [2.05, 4.69) is 20.2 Å². The fraction of sp³-hybridized carbons (Fsp3) is 0.389. The molecule has 1 N–H and O–H groups in total. The van der Waals surface area contributed by atoms with Gasteiger partial charge in [0.1, 0.15) is 11.6 Å². The summed E-state index contributed by atoms with van der Waals surface area (Å²) in [6.07, 6.45) is 3.22. The number of rotatable bonds is 4. The van der Waals surface area contributed by atoms with Gasteiger partial charge >= 0.3 is 0 Å². The minimum Gasteiger partial charge on any atom is -0.349 e. The van der Waals surface area contributed by atoms with Gasteiger partial charge in [0.05, 0.1) is 5.69 Å². The summed E-state index contributed by atoms with van der Waals surface area (Å²) in [5.41, 5.74) is 0.377. The monoisotopic (exact) mass is 343 g/mol. The topological polar surface area (TPSA) is 61.4 Å². The van der Waals surface area contributed by atoms with Gasteiger partial charge in [0.2, 0.25) is 11.9 Å². The summed E-state index contributed by atoms with van der Waals surface area (Å²) in [4.78, 5) is 24.6. The lowest BCUT2D eigenvalue weighted by molar-refractivity contribution is -0.133. The standard InChI is InChI=1S/C18H22FN5O/c1-23(2)17(25)13-8-11-24(12-9-13)18-20-10-7-16(22-18)21-15-6-4-3-5-14(15)19/h3-7,10,13H,8-9,11-12H2,1-2H3,(H,20,21,22). The van der Waals surface area contributed by atoms with E-state index >= 15 is 0 Å². The minimum absolute atomic E-state index is 0.0611. The molecule has 132 valence electrons. The number of amides is 1. The molecule has 1 aliphatic heterocycles. The Morgan fingerprint density at radius 2 is 1.96 bits per heavy atom. The highest BCUT2D eigenvalue weighted by Gasteiger charge is 2.27. The second kappa shape index (κ2) is 7.46. The maximum atomic E-state index is 13.8. The second-order valence-corrected chi connectivity index (χ2v) is 6.34. The average molecular weight is 343 g/mol. The molecule has 0 unspecified atom stereocenters. The first-order valence-electron chi connectivity index (χ1n) is 8.35. The summed E-state index contributed by atoms with van der Waals surface area (Å²) in [7, 11) is 3.57. The molecule has 0 spiro atoms. The van der Waals surface area contributed by atoms with Gasteiger partial charge in [-0.1, -0.05) is 12.1 Å². The van der Waals surface area contributed by atoms with Crippen LogP contribution in [0.4, 0.5) is 21.8 Å². The number of para-hydroxylation sites is 1. The van der Waals surface area contributed by atoms with Crippen LogP contribution < -0.4 is 10.2 Å². The van der Waals surface area contributed by atoms with E-state index in [0.717, 1.165) is 25.9 Å². The number of hydrogen-bond acceptors (Lipinski definition) is 5. The zero-order chi connectivity index (χ0) is 17.8. The smallest absolute Gasteiger partial charge is 0.227 e. The van der Waals surface area contributed by atoms with Crippen LogP contribution in [0.5, 0.6) is 0 Å². The summed E-state index contributed by atoms with van der Waals surface area (Å²) in [6, 6.07) is 8.18. The molecule has 0 aliphatic carbocycles. The molecule has 6 nitrogen and oxygen atoms in total. The van der Waals surface area contributed by atoms with Gasteiger partial charge in [-0.3, -0.25) is 4.79 Å². The number of aromatic nitrogens is 2. The van der Waals surface area contributed by atoms with Crippen LogP contribution in [0.15, 0.2) is 36.5 Å². The Morgan fingerprint density at radius 1 is 1.24 bits per heavy atom. The molecular formula is C18H22FN5O. The van der Waals surface area contributed by atoms with E-state index in [1.54, 1.807) is 49.5 Å². The normalized spacial score (nSPS) is 15.1. The van der Waals surface area contributed by atoms with E-state index in [1.165, 1.54) is 6.07 Å². The van der Waals surface area contributed by atoms with Gasteiger partial charge in [-0.05, 0) is 31.0 Å². The van der Waals surface area contributed by atoms with Crippen LogP contribution in [-0.4, -0.2) is 48.0 Å². The number of hydrogen-bond donors (Lipinski definition) is 1. The summed E-state index contributed by atoms with van der Waals surface area (Å²) in [5, 5.41) is 2.98. The predicted octanol–water partition coefficient (Wildman–Crippen LogP) is 2.66. The highest BCUT2D eigenvalue weighted by molar-refractivity contribution is 5.78. The molecule has 7 heteroatoms. The molecule has 1 aliphatic rings. The highest BCUT2D eigenvalue weighted by atomic mass is 19.1. The summed E-state index contributed by atoms with van der Waals surface area (Å²) < 4.78 is 13.8. The molecule has 0 atom stereocenters. The lowest BCUT2D eigenvalue weighted by Gasteiger charge is -2.32. The molecule has 2 heterocycles. The molecule has 0 bridgehead atoms. The minimum atomic E-state index is -0.328. The molecule has 1 fully saturated rings. The Labute approximate surface area is 146 Å². The van der Waals surface area contributed by atoms with Crippen LogP contribution in [-0.2, 0) is 4.79 Å². The van der Waals surface area contributed by atoms with Crippen molar-refractivity contribution in [2.75, 3.05) is 37.4 Å². The third-order valence-corrected chi connectivity index (χ3v) is 4.35. The van der Waals surface area contributed by atoms with E-state index in [1.807, 2.05) is 0 Å². The number of anilines is 3. The first-order chi connectivity index (χ1) is 12.0. The van der Waals surface area contributed by atoms with Gasteiger partial charge in [0.15, 0.2) is 0 Å². The van der Waals surface area contributed by atoms with Crippen molar-refractivity contribution < 1.29 is 9.18 Å². The van der Waals surface area contributed by atoms with Crippen molar-refractivity contribution in [2.45, 2.75) is 12.8 Å². The van der Waals surface area contributed by atoms with Crippen LogP contribution in [0.1, 0.15) is 12.8 Å². The first-order valence-corrected chi connectivity index (χ1v) is 8.35. The molecule has 25 heavy (non-hydrogen) atoms. The molecule has 2 aromatic rings. The number of benzene rings is 1. The van der Waals surface area contributed by atoms with E-state index in [4.69, 9.17) is 0 Å². The molecule has 1 amide bonds. The molecule has 1 aromatic heterocycles. The van der Waals surface area contributed by atoms with E-state index < -0.39 is 0 Å². The first kappa shape index (κ1) is 17.1. The van der Waals surface area contributed by atoms with Gasteiger partial charge in [0.25, 0.3) is 0 Å². The van der Waals surface area contributed by atoms with Gasteiger partial charge < -0.3 is 15.1 Å². The van der Waals surface area contributed by atoms with Crippen molar-refractivity contribution in [3.63, 3.8) is 0 Å². The fourth-order valence-electron chi connectivity index (χ4n) is 2.96. The number of piperidine rings is 1. The zero-order valence-corrected chi connectivity index (χ0v) is 14.4. The van der Waals surface area contributed by atoms with Crippen LogP contribution in [0.3, 0.4) is 0 Å². The van der Waals surface area contributed by atoms with Crippen LogP contribution in [0.25, 0.3) is 0 Å². The second-order valence-electron chi connectivity index (χ2n) is 6.34. The molecule has 1 saturated heterocycles. The Balaban J connectivity index is 1.67. The van der Waals surface area contributed by atoms with E-state index in [-0.39, 0.29) is 17.6 Å². The third-order valence-electron chi connectivity index (χ3n) is 4.35. The van der Waals surface area contributed by atoms with Crippen molar-refractivity contribution in [2.24, 2.45) is 5.92 Å². The SMILES string of the molecule is CN(C)C(=O)C1CCN(c2nccc(Nc3ccccc3F)n2)CC1. The molecule has 0 radical (unpaired) electrons. The van der Waals surface area contributed by atoms with Crippen molar-refractivity contribution in [1.82, 2.24) is 14.9 Å². The van der Waals surface area contributed by atoms with Crippen LogP contribution in [0.2, 0.25) is 0 Å². The Kier molecular flexibility index (Phi) is 5.11. The lowest BCUT2D eigenvalue weighted by atomic mass is 9.96. The molecular weight excluding hydrogens is 321 g/mol. The average Bonchev–Trinajstić information content (AvgIpc) is 2.63. The fourth-order valence-corrected chi connectivity index (χ4v) is 2.96. The quantitative estimate of drug-likeness (QED) is 0.925. The predicted molar refractivity (Wildman–Crippen MR) is 95.3 cm³/mol. The number of halogens is 1. The molecule has 1 aromatic carbocycles. The van der Waals surface area contributed by atoms with E-state index in [0.29, 0.717) is 17.5 Å². The van der Waals surface area contributed by atoms with Crippen molar-refractivity contribution >= 4 is 23.4 Å². The van der Waals surface area contributed by atoms with Gasteiger partial charge in [-0.15, -0.1) is 0 Å². The number of nitrogens with one attached hydrogen (secondary N) is 1. The molecule has 3 rings (SSSR count). The van der Waals surface area contributed by atoms with Crippen molar-refractivity contribution in [3.05, 3.63) is 42.3 Å². The van der Waals surface area contributed by atoms with Gasteiger partial charge in [0, 0.05) is 39.3 Å². The van der Waals surface area contributed by atoms with Crippen molar-refractivity contribution in [1.29, 1.82) is 0 Å². The summed E-state index contributed by atoms with van der Waals surface area (Å²) in [5.74, 6) is 1.05. The maximum absolute atomic E-state index is 13.8. The van der Waals surface area contributed by atoms with Gasteiger partial charge in [-0.25, -0.2) is 9.37 Å². The van der Waals surface area contributed by atoms with E-state index in [9.17, 15) is 9.18 Å².